The topological polar surface area (TPSA) is 109 Å². The zero-order valence-corrected chi connectivity index (χ0v) is 9.62. The molecule has 1 aromatic heterocycles. The number of aromatic nitrogens is 2. The fourth-order valence-electron chi connectivity index (χ4n) is 1.36. The summed E-state index contributed by atoms with van der Waals surface area (Å²) in [6, 6.07) is -0.138. The van der Waals surface area contributed by atoms with Gasteiger partial charge in [0.2, 0.25) is 0 Å². The number of anilines is 1. The molecule has 0 saturated carbocycles. The van der Waals surface area contributed by atoms with E-state index in [9.17, 15) is 9.59 Å². The SMILES string of the molecule is CC(C)N(CC(=O)O)c1nccnc1C(N)=O. The third kappa shape index (κ3) is 3.13. The van der Waals surface area contributed by atoms with Crippen molar-refractivity contribution in [2.24, 2.45) is 5.73 Å². The molecule has 17 heavy (non-hydrogen) atoms. The van der Waals surface area contributed by atoms with E-state index >= 15 is 0 Å². The molecule has 0 aliphatic carbocycles. The third-order valence-corrected chi connectivity index (χ3v) is 2.11. The largest absolute Gasteiger partial charge is 0.480 e. The van der Waals surface area contributed by atoms with Crippen molar-refractivity contribution < 1.29 is 14.7 Å². The number of nitrogens with zero attached hydrogens (tertiary/aromatic N) is 3. The Balaban J connectivity index is 3.18. The molecular weight excluding hydrogens is 224 g/mol. The second kappa shape index (κ2) is 5.24. The molecule has 0 unspecified atom stereocenters. The maximum absolute atomic E-state index is 11.2. The molecular formula is C10H14N4O3. The number of amides is 1. The number of carboxylic acid groups (broad SMARTS) is 1. The standard InChI is InChI=1S/C10H14N4O3/c1-6(2)14(5-7(15)16)10-8(9(11)17)12-3-4-13-10/h3-4,6H,5H2,1-2H3,(H2,11,17)(H,15,16). The number of aliphatic carboxylic acids is 1. The normalized spacial score (nSPS) is 10.3. The minimum atomic E-state index is -1.01. The van der Waals surface area contributed by atoms with Crippen molar-refractivity contribution in [1.29, 1.82) is 0 Å². The lowest BCUT2D eigenvalue weighted by Crippen LogP contribution is -2.38. The number of hydrogen-bond donors (Lipinski definition) is 2. The summed E-state index contributed by atoms with van der Waals surface area (Å²) in [6.07, 6.45) is 2.72. The molecule has 0 aliphatic heterocycles. The predicted molar refractivity (Wildman–Crippen MR) is 60.7 cm³/mol. The maximum Gasteiger partial charge on any atom is 0.323 e. The molecule has 0 radical (unpaired) electrons. The van der Waals surface area contributed by atoms with E-state index in [1.54, 1.807) is 13.8 Å². The summed E-state index contributed by atoms with van der Waals surface area (Å²) in [4.78, 5) is 31.2. The third-order valence-electron chi connectivity index (χ3n) is 2.11. The lowest BCUT2D eigenvalue weighted by Gasteiger charge is -2.26. The van der Waals surface area contributed by atoms with Gasteiger partial charge in [0.05, 0.1) is 0 Å². The number of rotatable bonds is 5. The molecule has 1 heterocycles. The Hall–Kier alpha value is -2.18. The molecule has 1 rings (SSSR count). The van der Waals surface area contributed by atoms with E-state index in [1.165, 1.54) is 17.3 Å². The molecule has 0 aliphatic rings. The molecule has 3 N–H and O–H groups in total. The highest BCUT2D eigenvalue weighted by Gasteiger charge is 2.21. The van der Waals surface area contributed by atoms with Crippen LogP contribution >= 0.6 is 0 Å². The van der Waals surface area contributed by atoms with E-state index in [0.717, 1.165) is 0 Å². The average molecular weight is 238 g/mol. The maximum atomic E-state index is 11.2. The molecule has 1 amide bonds. The molecule has 0 bridgehead atoms. The Labute approximate surface area is 98.3 Å². The molecule has 0 spiro atoms. The fraction of sp³-hybridized carbons (Fsp3) is 0.400. The van der Waals surface area contributed by atoms with Crippen molar-refractivity contribution in [3.8, 4) is 0 Å². The molecule has 92 valence electrons. The molecule has 7 nitrogen and oxygen atoms in total. The van der Waals surface area contributed by atoms with Crippen LogP contribution in [0.3, 0.4) is 0 Å². The van der Waals surface area contributed by atoms with E-state index < -0.39 is 11.9 Å². The summed E-state index contributed by atoms with van der Waals surface area (Å²) < 4.78 is 0. The zero-order valence-electron chi connectivity index (χ0n) is 9.62. The van der Waals surface area contributed by atoms with Crippen LogP contribution in [0.15, 0.2) is 12.4 Å². The van der Waals surface area contributed by atoms with Gasteiger partial charge in [-0.05, 0) is 13.8 Å². The summed E-state index contributed by atoms with van der Waals surface area (Å²) in [7, 11) is 0. The van der Waals surface area contributed by atoms with Gasteiger partial charge in [0.15, 0.2) is 11.5 Å². The van der Waals surface area contributed by atoms with Crippen molar-refractivity contribution in [2.75, 3.05) is 11.4 Å². The van der Waals surface area contributed by atoms with Crippen molar-refractivity contribution in [1.82, 2.24) is 9.97 Å². The Morgan fingerprint density at radius 1 is 1.41 bits per heavy atom. The number of carbonyl (C=O) groups is 2. The predicted octanol–water partition coefficient (Wildman–Crippen LogP) is -0.125. The number of carboxylic acids is 1. The Morgan fingerprint density at radius 3 is 2.47 bits per heavy atom. The smallest absolute Gasteiger partial charge is 0.323 e. The van der Waals surface area contributed by atoms with Crippen LogP contribution in [0.1, 0.15) is 24.3 Å². The monoisotopic (exact) mass is 238 g/mol. The van der Waals surface area contributed by atoms with Crippen molar-refractivity contribution in [3.63, 3.8) is 0 Å². The van der Waals surface area contributed by atoms with E-state index in [2.05, 4.69) is 9.97 Å². The molecule has 7 heteroatoms. The molecule has 0 saturated heterocycles. The highest BCUT2D eigenvalue weighted by atomic mass is 16.4. The number of hydrogen-bond acceptors (Lipinski definition) is 5. The van der Waals surface area contributed by atoms with Crippen molar-refractivity contribution in [2.45, 2.75) is 19.9 Å². The van der Waals surface area contributed by atoms with Gasteiger partial charge in [-0.25, -0.2) is 9.97 Å². The van der Waals surface area contributed by atoms with Crippen LogP contribution in [0, 0.1) is 0 Å². The Bertz CT molecular complexity index is 433. The first-order valence-electron chi connectivity index (χ1n) is 5.02. The second-order valence-corrected chi connectivity index (χ2v) is 3.71. The highest BCUT2D eigenvalue weighted by Crippen LogP contribution is 2.16. The number of nitrogens with two attached hydrogens (primary N) is 1. The van der Waals surface area contributed by atoms with Crippen LogP contribution in [0.5, 0.6) is 0 Å². The molecule has 0 aromatic carbocycles. The zero-order chi connectivity index (χ0) is 13.0. The van der Waals surface area contributed by atoms with E-state index in [-0.39, 0.29) is 24.1 Å². The van der Waals surface area contributed by atoms with Gasteiger partial charge in [0, 0.05) is 18.4 Å². The van der Waals surface area contributed by atoms with E-state index in [1.807, 2.05) is 0 Å². The van der Waals surface area contributed by atoms with E-state index in [4.69, 9.17) is 10.8 Å². The van der Waals surface area contributed by atoms with Crippen LogP contribution in [0.2, 0.25) is 0 Å². The summed E-state index contributed by atoms with van der Waals surface area (Å²) >= 11 is 0. The van der Waals surface area contributed by atoms with Crippen LogP contribution in [-0.4, -0.2) is 39.5 Å². The first kappa shape index (κ1) is 12.9. The summed E-state index contributed by atoms with van der Waals surface area (Å²) in [6.45, 7) is 3.32. The highest BCUT2D eigenvalue weighted by molar-refractivity contribution is 5.96. The Morgan fingerprint density at radius 2 is 2.00 bits per heavy atom. The van der Waals surface area contributed by atoms with Crippen LogP contribution in [0.4, 0.5) is 5.82 Å². The van der Waals surface area contributed by atoms with Gasteiger partial charge in [0.25, 0.3) is 5.91 Å². The van der Waals surface area contributed by atoms with Gasteiger partial charge in [-0.3, -0.25) is 9.59 Å². The quantitative estimate of drug-likeness (QED) is 0.739. The first-order valence-corrected chi connectivity index (χ1v) is 5.02. The number of carbonyl (C=O) groups excluding carboxylic acids is 1. The summed E-state index contributed by atoms with van der Waals surface area (Å²) in [5.41, 5.74) is 5.14. The summed E-state index contributed by atoms with van der Waals surface area (Å²) in [5, 5.41) is 8.82. The molecule has 0 fully saturated rings. The lowest BCUT2D eigenvalue weighted by atomic mass is 10.2. The first-order chi connectivity index (χ1) is 7.93. The van der Waals surface area contributed by atoms with Crippen molar-refractivity contribution >= 4 is 17.7 Å². The van der Waals surface area contributed by atoms with Gasteiger partial charge in [0.1, 0.15) is 6.54 Å². The Kier molecular flexibility index (Phi) is 3.97. The van der Waals surface area contributed by atoms with Gasteiger partial charge < -0.3 is 15.7 Å². The summed E-state index contributed by atoms with van der Waals surface area (Å²) in [5.74, 6) is -1.55. The number of primary amides is 1. The van der Waals surface area contributed by atoms with Crippen molar-refractivity contribution in [3.05, 3.63) is 18.1 Å². The van der Waals surface area contributed by atoms with Crippen LogP contribution < -0.4 is 10.6 Å². The van der Waals surface area contributed by atoms with Crippen LogP contribution in [0.25, 0.3) is 0 Å². The average Bonchev–Trinajstić information content (AvgIpc) is 2.25. The molecule has 1 aromatic rings. The minimum Gasteiger partial charge on any atom is -0.480 e. The van der Waals surface area contributed by atoms with Crippen LogP contribution in [-0.2, 0) is 4.79 Å². The van der Waals surface area contributed by atoms with Gasteiger partial charge in [-0.15, -0.1) is 0 Å². The van der Waals surface area contributed by atoms with Gasteiger partial charge in [-0.1, -0.05) is 0 Å². The van der Waals surface area contributed by atoms with E-state index in [0.29, 0.717) is 0 Å². The minimum absolute atomic E-state index is 0.0255. The fourth-order valence-corrected chi connectivity index (χ4v) is 1.36. The lowest BCUT2D eigenvalue weighted by molar-refractivity contribution is -0.135. The second-order valence-electron chi connectivity index (χ2n) is 3.71. The van der Waals surface area contributed by atoms with Gasteiger partial charge >= 0.3 is 5.97 Å². The molecule has 0 atom stereocenters. The van der Waals surface area contributed by atoms with Gasteiger partial charge in [-0.2, -0.15) is 0 Å².